The molecule has 1 unspecified atom stereocenters. The third-order valence-electron chi connectivity index (χ3n) is 4.94. The summed E-state index contributed by atoms with van der Waals surface area (Å²) in [4.78, 5) is 19.9. The van der Waals surface area contributed by atoms with Gasteiger partial charge in [-0.05, 0) is 56.6 Å². The van der Waals surface area contributed by atoms with Gasteiger partial charge in [0, 0.05) is 18.3 Å². The second kappa shape index (κ2) is 9.37. The number of ether oxygens (including phenoxy) is 2. The van der Waals surface area contributed by atoms with E-state index in [2.05, 4.69) is 10.3 Å². The zero-order chi connectivity index (χ0) is 19.1. The number of methoxy groups -OCH3 is 2. The lowest BCUT2D eigenvalue weighted by Crippen LogP contribution is -2.40. The molecular formula is C21H27N3O3. The molecular weight excluding hydrogens is 342 g/mol. The van der Waals surface area contributed by atoms with E-state index >= 15 is 0 Å². The summed E-state index contributed by atoms with van der Waals surface area (Å²) in [6.45, 7) is 2.39. The standard InChI is InChI=1S/C21H27N3O3/c1-26-18-8-9-19(20(14-18)27-2)21(25)24(15-16-6-3-4-12-23-16)17-7-5-11-22-13-10-17/h3-4,6,8-9,12,14,17,22H,5,7,10-11,13,15H2,1-2H3. The lowest BCUT2D eigenvalue weighted by atomic mass is 10.0. The van der Waals surface area contributed by atoms with E-state index < -0.39 is 0 Å². The van der Waals surface area contributed by atoms with Gasteiger partial charge in [0.25, 0.3) is 5.91 Å². The number of nitrogens with one attached hydrogen (secondary N) is 1. The summed E-state index contributed by atoms with van der Waals surface area (Å²) >= 11 is 0. The third kappa shape index (κ3) is 4.77. The van der Waals surface area contributed by atoms with E-state index in [9.17, 15) is 4.79 Å². The molecule has 1 atom stereocenters. The molecule has 1 N–H and O–H groups in total. The highest BCUT2D eigenvalue weighted by molar-refractivity contribution is 5.97. The molecule has 1 aromatic carbocycles. The lowest BCUT2D eigenvalue weighted by molar-refractivity contribution is 0.0639. The number of rotatable bonds is 6. The summed E-state index contributed by atoms with van der Waals surface area (Å²) in [5, 5.41) is 3.42. The number of benzene rings is 1. The molecule has 1 aliphatic heterocycles. The van der Waals surface area contributed by atoms with Gasteiger partial charge in [-0.15, -0.1) is 0 Å². The second-order valence-electron chi connectivity index (χ2n) is 6.66. The van der Waals surface area contributed by atoms with E-state index in [1.54, 1.807) is 38.6 Å². The topological polar surface area (TPSA) is 63.7 Å². The van der Waals surface area contributed by atoms with Gasteiger partial charge >= 0.3 is 0 Å². The zero-order valence-corrected chi connectivity index (χ0v) is 16.0. The van der Waals surface area contributed by atoms with Crippen LogP contribution in [0.4, 0.5) is 0 Å². The minimum atomic E-state index is -0.0351. The van der Waals surface area contributed by atoms with Crippen molar-refractivity contribution in [2.75, 3.05) is 27.3 Å². The molecule has 6 heteroatoms. The van der Waals surface area contributed by atoms with Gasteiger partial charge in [0.2, 0.25) is 0 Å². The summed E-state index contributed by atoms with van der Waals surface area (Å²) < 4.78 is 10.7. The van der Waals surface area contributed by atoms with Crippen LogP contribution in [0.5, 0.6) is 11.5 Å². The van der Waals surface area contributed by atoms with Crippen LogP contribution in [0.25, 0.3) is 0 Å². The predicted octanol–water partition coefficient (Wildman–Crippen LogP) is 2.88. The summed E-state index contributed by atoms with van der Waals surface area (Å²) in [5.74, 6) is 1.16. The number of nitrogens with zero attached hydrogens (tertiary/aromatic N) is 2. The van der Waals surface area contributed by atoms with Gasteiger partial charge in [-0.2, -0.15) is 0 Å². The molecule has 6 nitrogen and oxygen atoms in total. The number of aromatic nitrogens is 1. The van der Waals surface area contributed by atoms with Crippen molar-refractivity contribution in [2.45, 2.75) is 31.8 Å². The fourth-order valence-electron chi connectivity index (χ4n) is 3.48. The van der Waals surface area contributed by atoms with Crippen molar-refractivity contribution >= 4 is 5.91 Å². The van der Waals surface area contributed by atoms with Crippen LogP contribution >= 0.6 is 0 Å². The van der Waals surface area contributed by atoms with Crippen molar-refractivity contribution < 1.29 is 14.3 Å². The van der Waals surface area contributed by atoms with Crippen LogP contribution in [0.15, 0.2) is 42.6 Å². The second-order valence-corrected chi connectivity index (χ2v) is 6.66. The lowest BCUT2D eigenvalue weighted by Gasteiger charge is -2.31. The monoisotopic (exact) mass is 369 g/mol. The zero-order valence-electron chi connectivity index (χ0n) is 16.0. The summed E-state index contributed by atoms with van der Waals surface area (Å²) in [7, 11) is 3.17. The third-order valence-corrected chi connectivity index (χ3v) is 4.94. The molecule has 3 rings (SSSR count). The molecule has 2 aromatic rings. The van der Waals surface area contributed by atoms with Crippen LogP contribution in [-0.4, -0.2) is 49.1 Å². The van der Waals surface area contributed by atoms with Gasteiger partial charge in [-0.1, -0.05) is 6.07 Å². The van der Waals surface area contributed by atoms with Crippen LogP contribution < -0.4 is 14.8 Å². The molecule has 0 bridgehead atoms. The van der Waals surface area contributed by atoms with Crippen molar-refractivity contribution in [3.63, 3.8) is 0 Å². The number of pyridine rings is 1. The molecule has 1 aliphatic rings. The summed E-state index contributed by atoms with van der Waals surface area (Å²) in [5.41, 5.74) is 1.43. The summed E-state index contributed by atoms with van der Waals surface area (Å²) in [6, 6.07) is 11.3. The van der Waals surface area contributed by atoms with Crippen LogP contribution in [0.2, 0.25) is 0 Å². The van der Waals surface area contributed by atoms with Gasteiger partial charge in [-0.25, -0.2) is 0 Å². The first-order valence-electron chi connectivity index (χ1n) is 9.36. The van der Waals surface area contributed by atoms with Crippen molar-refractivity contribution in [1.29, 1.82) is 0 Å². The van der Waals surface area contributed by atoms with E-state index in [1.807, 2.05) is 23.1 Å². The van der Waals surface area contributed by atoms with E-state index in [0.29, 0.717) is 23.6 Å². The molecule has 0 radical (unpaired) electrons. The predicted molar refractivity (Wildman–Crippen MR) is 104 cm³/mol. The van der Waals surface area contributed by atoms with Gasteiger partial charge < -0.3 is 19.7 Å². The van der Waals surface area contributed by atoms with E-state index in [0.717, 1.165) is 38.0 Å². The maximum atomic E-state index is 13.5. The highest BCUT2D eigenvalue weighted by atomic mass is 16.5. The normalized spacial score (nSPS) is 17.0. The average molecular weight is 369 g/mol. The number of carbonyl (C=O) groups is 1. The number of carbonyl (C=O) groups excluding carboxylic acids is 1. The Balaban J connectivity index is 1.92. The first-order chi connectivity index (χ1) is 13.2. The minimum Gasteiger partial charge on any atom is -0.497 e. The van der Waals surface area contributed by atoms with Gasteiger partial charge in [0.05, 0.1) is 32.0 Å². The molecule has 1 saturated heterocycles. The van der Waals surface area contributed by atoms with Crippen molar-refractivity contribution in [3.05, 3.63) is 53.9 Å². The Kier molecular flexibility index (Phi) is 6.65. The molecule has 0 spiro atoms. The SMILES string of the molecule is COc1ccc(C(=O)N(Cc2ccccn2)C2CCCNCC2)c(OC)c1. The summed E-state index contributed by atoms with van der Waals surface area (Å²) in [6.07, 6.45) is 4.72. The van der Waals surface area contributed by atoms with Gasteiger partial charge in [0.1, 0.15) is 11.5 Å². The number of amides is 1. The average Bonchev–Trinajstić information content (AvgIpc) is 3.01. The van der Waals surface area contributed by atoms with E-state index in [4.69, 9.17) is 9.47 Å². The number of hydrogen-bond acceptors (Lipinski definition) is 5. The van der Waals surface area contributed by atoms with E-state index in [1.165, 1.54) is 0 Å². The molecule has 0 aliphatic carbocycles. The van der Waals surface area contributed by atoms with Crippen LogP contribution in [0.1, 0.15) is 35.3 Å². The minimum absolute atomic E-state index is 0.0351. The number of hydrogen-bond donors (Lipinski definition) is 1. The Labute approximate surface area is 160 Å². The van der Waals surface area contributed by atoms with E-state index in [-0.39, 0.29) is 11.9 Å². The molecule has 27 heavy (non-hydrogen) atoms. The maximum Gasteiger partial charge on any atom is 0.258 e. The molecule has 144 valence electrons. The Hall–Kier alpha value is -2.60. The van der Waals surface area contributed by atoms with Crippen molar-refractivity contribution in [1.82, 2.24) is 15.2 Å². The fourth-order valence-corrected chi connectivity index (χ4v) is 3.48. The first-order valence-corrected chi connectivity index (χ1v) is 9.36. The molecule has 1 fully saturated rings. The Morgan fingerprint density at radius 1 is 1.19 bits per heavy atom. The fraction of sp³-hybridized carbons (Fsp3) is 0.429. The largest absolute Gasteiger partial charge is 0.497 e. The Bertz CT molecular complexity index is 744. The highest BCUT2D eigenvalue weighted by Gasteiger charge is 2.28. The van der Waals surface area contributed by atoms with Crippen LogP contribution in [0.3, 0.4) is 0 Å². The van der Waals surface area contributed by atoms with Crippen molar-refractivity contribution in [2.24, 2.45) is 0 Å². The van der Waals surface area contributed by atoms with Gasteiger partial charge in [0.15, 0.2) is 0 Å². The molecule has 0 saturated carbocycles. The highest BCUT2D eigenvalue weighted by Crippen LogP contribution is 2.28. The molecule has 1 amide bonds. The van der Waals surface area contributed by atoms with Gasteiger partial charge in [-0.3, -0.25) is 9.78 Å². The molecule has 2 heterocycles. The van der Waals surface area contributed by atoms with Crippen molar-refractivity contribution in [3.8, 4) is 11.5 Å². The first kappa shape index (κ1) is 19.2. The molecule has 1 aromatic heterocycles. The Morgan fingerprint density at radius 2 is 2.07 bits per heavy atom. The van der Waals surface area contributed by atoms with Crippen LogP contribution in [0, 0.1) is 0 Å². The smallest absolute Gasteiger partial charge is 0.258 e. The van der Waals surface area contributed by atoms with Crippen LogP contribution in [-0.2, 0) is 6.54 Å². The quantitative estimate of drug-likeness (QED) is 0.848. The Morgan fingerprint density at radius 3 is 2.81 bits per heavy atom. The maximum absolute atomic E-state index is 13.5.